The summed E-state index contributed by atoms with van der Waals surface area (Å²) in [6.45, 7) is 0. The summed E-state index contributed by atoms with van der Waals surface area (Å²) in [5.74, 6) is -1.07. The molecule has 0 saturated heterocycles. The van der Waals surface area contributed by atoms with E-state index in [9.17, 15) is 17.6 Å². The molecule has 0 aliphatic carbocycles. The number of carbonyl (C=O) groups is 1. The third-order valence-electron chi connectivity index (χ3n) is 3.55. The molecule has 2 aromatic carbocycles. The van der Waals surface area contributed by atoms with E-state index in [1.54, 1.807) is 18.2 Å². The first kappa shape index (κ1) is 16.8. The summed E-state index contributed by atoms with van der Waals surface area (Å²) in [7, 11) is -3.94. The van der Waals surface area contributed by atoms with Crippen molar-refractivity contribution in [3.05, 3.63) is 66.1 Å². The maximum absolute atomic E-state index is 13.8. The van der Waals surface area contributed by atoms with Crippen LogP contribution in [0.3, 0.4) is 0 Å². The van der Waals surface area contributed by atoms with Gasteiger partial charge in [-0.25, -0.2) is 12.8 Å². The van der Waals surface area contributed by atoms with Gasteiger partial charge in [-0.2, -0.15) is 0 Å². The predicted molar refractivity (Wildman–Crippen MR) is 91.8 cm³/mol. The van der Waals surface area contributed by atoms with Gasteiger partial charge in [0.1, 0.15) is 11.3 Å². The molecular formula is C17H14FN3O3S. The summed E-state index contributed by atoms with van der Waals surface area (Å²) >= 11 is 0. The Labute approximate surface area is 143 Å². The van der Waals surface area contributed by atoms with Crippen LogP contribution < -0.4 is 10.5 Å². The number of nitrogens with zero attached hydrogens (tertiary/aromatic N) is 1. The van der Waals surface area contributed by atoms with Gasteiger partial charge < -0.3 is 5.73 Å². The molecule has 3 rings (SSSR count). The van der Waals surface area contributed by atoms with Gasteiger partial charge in [0.2, 0.25) is 5.91 Å². The number of carbonyl (C=O) groups excluding carboxylic acids is 1. The maximum atomic E-state index is 13.8. The summed E-state index contributed by atoms with van der Waals surface area (Å²) < 4.78 is 41.6. The smallest absolute Gasteiger partial charge is 0.262 e. The highest BCUT2D eigenvalue weighted by Crippen LogP contribution is 2.25. The van der Waals surface area contributed by atoms with Crippen molar-refractivity contribution < 1.29 is 17.6 Å². The fraction of sp³-hybridized carbons (Fsp3) is 0.0588. The number of hydrogen-bond acceptors (Lipinski definition) is 4. The molecule has 1 amide bonds. The number of primary amides is 1. The number of hydrogen-bond donors (Lipinski definition) is 2. The Bertz CT molecular complexity index is 1050. The molecule has 0 atom stereocenters. The lowest BCUT2D eigenvalue weighted by atomic mass is 10.1. The van der Waals surface area contributed by atoms with E-state index in [4.69, 9.17) is 5.73 Å². The zero-order chi connectivity index (χ0) is 18.0. The van der Waals surface area contributed by atoms with Crippen molar-refractivity contribution in [3.63, 3.8) is 0 Å². The molecule has 0 bridgehead atoms. The van der Waals surface area contributed by atoms with Crippen LogP contribution in [0.25, 0.3) is 10.9 Å². The molecule has 8 heteroatoms. The van der Waals surface area contributed by atoms with E-state index in [-0.39, 0.29) is 22.2 Å². The van der Waals surface area contributed by atoms with Gasteiger partial charge in [-0.1, -0.05) is 12.1 Å². The summed E-state index contributed by atoms with van der Waals surface area (Å²) in [4.78, 5) is 14.7. The second-order valence-electron chi connectivity index (χ2n) is 5.39. The molecule has 0 radical (unpaired) electrons. The lowest BCUT2D eigenvalue weighted by Crippen LogP contribution is -2.15. The zero-order valence-electron chi connectivity index (χ0n) is 12.9. The first-order valence-electron chi connectivity index (χ1n) is 7.30. The van der Waals surface area contributed by atoms with Crippen LogP contribution in [-0.4, -0.2) is 19.3 Å². The number of pyridine rings is 1. The summed E-state index contributed by atoms with van der Waals surface area (Å²) in [5, 5.41) is 0.195. The van der Waals surface area contributed by atoms with Crippen LogP contribution >= 0.6 is 0 Å². The first-order valence-corrected chi connectivity index (χ1v) is 8.78. The number of benzene rings is 2. The average Bonchev–Trinajstić information content (AvgIpc) is 2.56. The van der Waals surface area contributed by atoms with E-state index in [1.165, 1.54) is 30.5 Å². The van der Waals surface area contributed by atoms with Crippen LogP contribution in [-0.2, 0) is 21.2 Å². The van der Waals surface area contributed by atoms with Gasteiger partial charge in [0, 0.05) is 17.3 Å². The first-order chi connectivity index (χ1) is 11.9. The fourth-order valence-corrected chi connectivity index (χ4v) is 3.71. The fourth-order valence-electron chi connectivity index (χ4n) is 2.45. The van der Waals surface area contributed by atoms with Crippen molar-refractivity contribution in [3.8, 4) is 0 Å². The number of anilines is 1. The number of aromatic nitrogens is 1. The van der Waals surface area contributed by atoms with Crippen LogP contribution in [0.15, 0.2) is 59.6 Å². The van der Waals surface area contributed by atoms with Crippen LogP contribution in [0, 0.1) is 5.82 Å². The van der Waals surface area contributed by atoms with E-state index in [0.717, 1.165) is 6.07 Å². The maximum Gasteiger partial charge on any atom is 0.262 e. The topological polar surface area (TPSA) is 102 Å². The number of fused-ring (bicyclic) bond motifs is 1. The van der Waals surface area contributed by atoms with Gasteiger partial charge in [0.25, 0.3) is 10.0 Å². The number of nitrogens with one attached hydrogen (secondary N) is 1. The van der Waals surface area contributed by atoms with Crippen LogP contribution in [0.2, 0.25) is 0 Å². The third kappa shape index (κ3) is 3.58. The molecule has 0 fully saturated rings. The molecule has 0 aliphatic heterocycles. The normalized spacial score (nSPS) is 11.4. The molecule has 3 aromatic rings. The molecule has 6 nitrogen and oxygen atoms in total. The predicted octanol–water partition coefficient (Wildman–Crippen LogP) is 2.20. The van der Waals surface area contributed by atoms with Gasteiger partial charge in [0.05, 0.1) is 11.3 Å². The molecule has 0 unspecified atom stereocenters. The van der Waals surface area contributed by atoms with Crippen LogP contribution in [0.5, 0.6) is 0 Å². The quantitative estimate of drug-likeness (QED) is 0.729. The van der Waals surface area contributed by atoms with Crippen molar-refractivity contribution in [1.82, 2.24) is 4.98 Å². The van der Waals surface area contributed by atoms with Crippen molar-refractivity contribution in [2.24, 2.45) is 5.73 Å². The molecule has 0 aliphatic rings. The molecule has 25 heavy (non-hydrogen) atoms. The van der Waals surface area contributed by atoms with E-state index in [1.807, 2.05) is 0 Å². The number of rotatable bonds is 5. The highest BCUT2D eigenvalue weighted by molar-refractivity contribution is 7.93. The van der Waals surface area contributed by atoms with Crippen LogP contribution in [0.4, 0.5) is 10.1 Å². The van der Waals surface area contributed by atoms with Gasteiger partial charge in [-0.15, -0.1) is 0 Å². The van der Waals surface area contributed by atoms with Crippen molar-refractivity contribution in [2.75, 3.05) is 4.72 Å². The van der Waals surface area contributed by atoms with E-state index in [2.05, 4.69) is 9.71 Å². The lowest BCUT2D eigenvalue weighted by Gasteiger charge is -2.11. The lowest BCUT2D eigenvalue weighted by molar-refractivity contribution is -0.117. The average molecular weight is 359 g/mol. The molecule has 128 valence electrons. The van der Waals surface area contributed by atoms with E-state index >= 15 is 0 Å². The van der Waals surface area contributed by atoms with Crippen LogP contribution in [0.1, 0.15) is 5.56 Å². The number of halogens is 1. The molecule has 0 saturated carbocycles. The molecule has 1 heterocycles. The van der Waals surface area contributed by atoms with Gasteiger partial charge >= 0.3 is 0 Å². The Morgan fingerprint density at radius 2 is 1.84 bits per heavy atom. The van der Waals surface area contributed by atoms with Gasteiger partial charge in [-0.05, 0) is 42.0 Å². The molecule has 0 spiro atoms. The SMILES string of the molecule is NC(=O)Cc1ccc(NS(=O)(=O)c2ccc(F)c3ncccc23)cc1. The molecule has 3 N–H and O–H groups in total. The Morgan fingerprint density at radius 1 is 1.12 bits per heavy atom. The monoisotopic (exact) mass is 359 g/mol. The molecule has 1 aromatic heterocycles. The molecular weight excluding hydrogens is 345 g/mol. The number of nitrogens with two attached hydrogens (primary N) is 1. The van der Waals surface area contributed by atoms with E-state index < -0.39 is 21.7 Å². The highest BCUT2D eigenvalue weighted by atomic mass is 32.2. The summed E-state index contributed by atoms with van der Waals surface area (Å²) in [6, 6.07) is 11.6. The Hall–Kier alpha value is -3.00. The van der Waals surface area contributed by atoms with Gasteiger partial charge in [-0.3, -0.25) is 14.5 Å². The number of sulfonamides is 1. The van der Waals surface area contributed by atoms with Crippen molar-refractivity contribution >= 4 is 32.5 Å². The Balaban J connectivity index is 1.95. The standard InChI is InChI=1S/C17H14FN3O3S/c18-14-7-8-15(13-2-1-9-20-17(13)14)25(23,24)21-12-5-3-11(4-6-12)10-16(19)22/h1-9,21H,10H2,(H2,19,22). The van der Waals surface area contributed by atoms with Gasteiger partial charge in [0.15, 0.2) is 0 Å². The Kier molecular flexibility index (Phi) is 4.37. The second-order valence-corrected chi connectivity index (χ2v) is 7.04. The van der Waals surface area contributed by atoms with Crippen molar-refractivity contribution in [2.45, 2.75) is 11.3 Å². The summed E-state index contributed by atoms with van der Waals surface area (Å²) in [6.07, 6.45) is 1.47. The minimum atomic E-state index is -3.94. The highest BCUT2D eigenvalue weighted by Gasteiger charge is 2.19. The summed E-state index contributed by atoms with van der Waals surface area (Å²) in [5.41, 5.74) is 6.09. The zero-order valence-corrected chi connectivity index (χ0v) is 13.8. The largest absolute Gasteiger partial charge is 0.369 e. The number of amides is 1. The minimum Gasteiger partial charge on any atom is -0.369 e. The Morgan fingerprint density at radius 3 is 2.52 bits per heavy atom. The minimum absolute atomic E-state index is 0.0119. The van der Waals surface area contributed by atoms with E-state index in [0.29, 0.717) is 11.3 Å². The second kappa shape index (κ2) is 6.48. The third-order valence-corrected chi connectivity index (χ3v) is 4.99. The van der Waals surface area contributed by atoms with Crippen molar-refractivity contribution in [1.29, 1.82) is 0 Å².